The molecular formula is C16H20ClN3O4. The highest BCUT2D eigenvalue weighted by atomic mass is 35.5. The number of hydrogen-bond acceptors (Lipinski definition) is 5. The first-order valence-corrected chi connectivity index (χ1v) is 8.24. The van der Waals surface area contributed by atoms with Gasteiger partial charge in [-0.15, -0.1) is 0 Å². The first-order valence-electron chi connectivity index (χ1n) is 7.87. The van der Waals surface area contributed by atoms with E-state index in [9.17, 15) is 15.0 Å². The average molecular weight is 354 g/mol. The second-order valence-corrected chi connectivity index (χ2v) is 6.37. The van der Waals surface area contributed by atoms with Crippen LogP contribution in [0.15, 0.2) is 24.5 Å². The van der Waals surface area contributed by atoms with Crippen LogP contribution in [0.1, 0.15) is 17.4 Å². The molecule has 130 valence electrons. The number of halogens is 1. The number of aliphatic hydroxyl groups excluding tert-OH is 2. The van der Waals surface area contributed by atoms with Crippen molar-refractivity contribution in [3.05, 3.63) is 35.2 Å². The summed E-state index contributed by atoms with van der Waals surface area (Å²) in [6, 6.07) is 3.46. The van der Waals surface area contributed by atoms with Gasteiger partial charge in [-0.25, -0.2) is 4.98 Å². The van der Waals surface area contributed by atoms with Crippen LogP contribution in [0.4, 0.5) is 0 Å². The van der Waals surface area contributed by atoms with E-state index in [0.29, 0.717) is 36.1 Å². The predicted molar refractivity (Wildman–Crippen MR) is 88.1 cm³/mol. The van der Waals surface area contributed by atoms with E-state index in [1.807, 2.05) is 6.92 Å². The highest BCUT2D eigenvalue weighted by Gasteiger charge is 2.33. The quantitative estimate of drug-likeness (QED) is 0.849. The summed E-state index contributed by atoms with van der Waals surface area (Å²) in [6.45, 7) is 3.04. The highest BCUT2D eigenvalue weighted by molar-refractivity contribution is 6.30. The predicted octanol–water partition coefficient (Wildman–Crippen LogP) is 0.818. The molecule has 3 heterocycles. The van der Waals surface area contributed by atoms with Crippen LogP contribution in [-0.2, 0) is 4.74 Å². The van der Waals surface area contributed by atoms with Crippen molar-refractivity contribution < 1.29 is 19.7 Å². The molecule has 1 amide bonds. The molecule has 0 spiro atoms. The van der Waals surface area contributed by atoms with E-state index in [2.05, 4.69) is 4.98 Å². The van der Waals surface area contributed by atoms with Gasteiger partial charge in [-0.2, -0.15) is 0 Å². The van der Waals surface area contributed by atoms with E-state index in [4.69, 9.17) is 16.3 Å². The van der Waals surface area contributed by atoms with Gasteiger partial charge in [0.05, 0.1) is 24.3 Å². The number of amides is 1. The third-order valence-corrected chi connectivity index (χ3v) is 4.48. The van der Waals surface area contributed by atoms with Crippen LogP contribution in [0, 0.1) is 5.92 Å². The van der Waals surface area contributed by atoms with Crippen LogP contribution in [0.2, 0.25) is 5.02 Å². The van der Waals surface area contributed by atoms with Gasteiger partial charge in [0.25, 0.3) is 5.91 Å². The smallest absolute Gasteiger partial charge is 0.274 e. The largest absolute Gasteiger partial charge is 0.390 e. The van der Waals surface area contributed by atoms with Crippen LogP contribution < -0.4 is 0 Å². The minimum absolute atomic E-state index is 0.116. The molecule has 0 bridgehead atoms. The lowest BCUT2D eigenvalue weighted by atomic mass is 9.96. The number of rotatable bonds is 4. The standard InChI is InChI=1S/C16H20ClN3O4/c1-2-19(5-10-8-24-9-13(21)15(10)22)16(23)12-7-20-6-11(17)3-4-14(20)18-12/h3-4,6-7,10,13,15,21-22H,2,5,8-9H2,1H3/t10-,13-,15+/m1/s1. The molecule has 1 aliphatic heterocycles. The normalized spacial score (nSPS) is 24.2. The molecule has 0 unspecified atom stereocenters. The molecule has 0 radical (unpaired) electrons. The molecular weight excluding hydrogens is 334 g/mol. The maximum atomic E-state index is 12.7. The van der Waals surface area contributed by atoms with E-state index >= 15 is 0 Å². The van der Waals surface area contributed by atoms with Crippen molar-refractivity contribution in [2.75, 3.05) is 26.3 Å². The summed E-state index contributed by atoms with van der Waals surface area (Å²) in [7, 11) is 0. The van der Waals surface area contributed by atoms with E-state index in [-0.39, 0.29) is 18.4 Å². The van der Waals surface area contributed by atoms with Crippen molar-refractivity contribution in [1.82, 2.24) is 14.3 Å². The lowest BCUT2D eigenvalue weighted by Gasteiger charge is -2.34. The van der Waals surface area contributed by atoms with Gasteiger partial charge in [0.2, 0.25) is 0 Å². The Balaban J connectivity index is 1.77. The molecule has 0 aromatic carbocycles. The minimum atomic E-state index is -0.921. The van der Waals surface area contributed by atoms with Gasteiger partial charge in [0.1, 0.15) is 17.4 Å². The van der Waals surface area contributed by atoms with Crippen LogP contribution in [-0.4, -0.2) is 68.9 Å². The second-order valence-electron chi connectivity index (χ2n) is 5.94. The summed E-state index contributed by atoms with van der Waals surface area (Å²) in [5.74, 6) is -0.561. The summed E-state index contributed by atoms with van der Waals surface area (Å²) in [5.41, 5.74) is 0.946. The Labute approximate surface area is 144 Å². The van der Waals surface area contributed by atoms with Gasteiger partial charge in [-0.05, 0) is 19.1 Å². The van der Waals surface area contributed by atoms with Gasteiger partial charge in [0.15, 0.2) is 0 Å². The maximum Gasteiger partial charge on any atom is 0.274 e. The van der Waals surface area contributed by atoms with Crippen molar-refractivity contribution >= 4 is 23.2 Å². The fourth-order valence-electron chi connectivity index (χ4n) is 2.88. The number of carbonyl (C=O) groups excluding carboxylic acids is 1. The Bertz CT molecular complexity index is 735. The first-order chi connectivity index (χ1) is 11.5. The number of ether oxygens (including phenoxy) is 1. The molecule has 3 rings (SSSR count). The molecule has 1 saturated heterocycles. The number of pyridine rings is 1. The molecule has 1 aliphatic rings. The van der Waals surface area contributed by atoms with Gasteiger partial charge < -0.3 is 24.3 Å². The monoisotopic (exact) mass is 353 g/mol. The van der Waals surface area contributed by atoms with Crippen molar-refractivity contribution in [3.8, 4) is 0 Å². The van der Waals surface area contributed by atoms with E-state index in [0.717, 1.165) is 0 Å². The summed E-state index contributed by atoms with van der Waals surface area (Å²) in [6.07, 6.45) is 1.50. The number of aromatic nitrogens is 2. The number of carbonyl (C=O) groups is 1. The van der Waals surface area contributed by atoms with Gasteiger partial charge >= 0.3 is 0 Å². The third kappa shape index (κ3) is 3.39. The van der Waals surface area contributed by atoms with Crippen molar-refractivity contribution in [2.45, 2.75) is 19.1 Å². The molecule has 7 nitrogen and oxygen atoms in total. The second kappa shape index (κ2) is 7.06. The third-order valence-electron chi connectivity index (χ3n) is 4.26. The number of hydrogen-bond donors (Lipinski definition) is 2. The van der Waals surface area contributed by atoms with Crippen molar-refractivity contribution in [2.24, 2.45) is 5.92 Å². The number of aliphatic hydroxyl groups is 2. The fourth-order valence-corrected chi connectivity index (χ4v) is 3.05. The molecule has 3 atom stereocenters. The van der Waals surface area contributed by atoms with Crippen molar-refractivity contribution in [3.63, 3.8) is 0 Å². The Morgan fingerprint density at radius 1 is 1.42 bits per heavy atom. The summed E-state index contributed by atoms with van der Waals surface area (Å²) >= 11 is 5.95. The van der Waals surface area contributed by atoms with Crippen LogP contribution >= 0.6 is 11.6 Å². The lowest BCUT2D eigenvalue weighted by molar-refractivity contribution is -0.123. The zero-order chi connectivity index (χ0) is 17.3. The molecule has 24 heavy (non-hydrogen) atoms. The fraction of sp³-hybridized carbons (Fsp3) is 0.500. The zero-order valence-electron chi connectivity index (χ0n) is 13.3. The zero-order valence-corrected chi connectivity index (χ0v) is 14.1. The SMILES string of the molecule is CCN(C[C@@H]1COC[C@@H](O)[C@H]1O)C(=O)c1cn2cc(Cl)ccc2n1. The first kappa shape index (κ1) is 17.2. The number of nitrogens with zero attached hydrogens (tertiary/aromatic N) is 3. The van der Waals surface area contributed by atoms with Crippen LogP contribution in [0.5, 0.6) is 0 Å². The topological polar surface area (TPSA) is 87.3 Å². The Morgan fingerprint density at radius 2 is 2.21 bits per heavy atom. The summed E-state index contributed by atoms with van der Waals surface area (Å²) < 4.78 is 6.97. The Hall–Kier alpha value is -1.67. The molecule has 2 aromatic rings. The molecule has 0 saturated carbocycles. The van der Waals surface area contributed by atoms with Crippen LogP contribution in [0.3, 0.4) is 0 Å². The van der Waals surface area contributed by atoms with Gasteiger partial charge in [-0.1, -0.05) is 11.6 Å². The van der Waals surface area contributed by atoms with Crippen molar-refractivity contribution in [1.29, 1.82) is 0 Å². The van der Waals surface area contributed by atoms with Gasteiger partial charge in [-0.3, -0.25) is 4.79 Å². The van der Waals surface area contributed by atoms with E-state index in [1.165, 1.54) is 0 Å². The van der Waals surface area contributed by atoms with E-state index in [1.54, 1.807) is 33.8 Å². The van der Waals surface area contributed by atoms with Crippen LogP contribution in [0.25, 0.3) is 5.65 Å². The average Bonchev–Trinajstić information content (AvgIpc) is 2.98. The molecule has 8 heteroatoms. The molecule has 1 fully saturated rings. The number of imidazole rings is 1. The molecule has 2 N–H and O–H groups in total. The highest BCUT2D eigenvalue weighted by Crippen LogP contribution is 2.18. The lowest BCUT2D eigenvalue weighted by Crippen LogP contribution is -2.49. The summed E-state index contributed by atoms with van der Waals surface area (Å²) in [4.78, 5) is 18.6. The van der Waals surface area contributed by atoms with E-state index < -0.39 is 12.2 Å². The molecule has 0 aliphatic carbocycles. The number of fused-ring (bicyclic) bond motifs is 1. The Kier molecular flexibility index (Phi) is 5.05. The van der Waals surface area contributed by atoms with Gasteiger partial charge in [0, 0.05) is 31.4 Å². The Morgan fingerprint density at radius 3 is 2.96 bits per heavy atom. The molecule has 2 aromatic heterocycles. The summed E-state index contributed by atoms with van der Waals surface area (Å²) in [5, 5.41) is 20.3. The minimum Gasteiger partial charge on any atom is -0.390 e. The maximum absolute atomic E-state index is 12.7.